The zero-order chi connectivity index (χ0) is 16.4. The molecule has 1 N–H and O–H groups in total. The minimum absolute atomic E-state index is 0.0250. The molecule has 0 radical (unpaired) electrons. The van der Waals surface area contributed by atoms with Gasteiger partial charge in [0.05, 0.1) is 10.6 Å². The topological polar surface area (TPSA) is 47.6 Å². The molecule has 7 heteroatoms. The fourth-order valence-electron chi connectivity index (χ4n) is 2.22. The first-order valence-corrected chi connectivity index (χ1v) is 8.03. The van der Waals surface area contributed by atoms with Crippen LogP contribution in [0.1, 0.15) is 15.9 Å². The summed E-state index contributed by atoms with van der Waals surface area (Å²) in [5.74, 6) is -0.0339. The van der Waals surface area contributed by atoms with Gasteiger partial charge in [0.2, 0.25) is 0 Å². The third-order valence-electron chi connectivity index (χ3n) is 3.28. The summed E-state index contributed by atoms with van der Waals surface area (Å²) in [6.45, 7) is 1.09. The van der Waals surface area contributed by atoms with E-state index in [0.717, 1.165) is 5.56 Å². The van der Waals surface area contributed by atoms with Crippen molar-refractivity contribution in [1.29, 1.82) is 0 Å². The quantitative estimate of drug-likeness (QED) is 0.849. The number of benzene rings is 2. The lowest BCUT2D eigenvalue weighted by atomic mass is 10.1. The van der Waals surface area contributed by atoms with Crippen LogP contribution in [0.2, 0.25) is 5.02 Å². The summed E-state index contributed by atoms with van der Waals surface area (Å²) < 4.78 is 25.2. The molecule has 4 nitrogen and oxygen atoms in total. The van der Waals surface area contributed by atoms with Gasteiger partial charge in [0.25, 0.3) is 5.91 Å². The Hall–Kier alpha value is -1.79. The Balaban J connectivity index is 1.74. The summed E-state index contributed by atoms with van der Waals surface area (Å²) in [6.07, 6.45) is 0. The Morgan fingerprint density at radius 2 is 2.04 bits per heavy atom. The molecule has 0 atom stereocenters. The van der Waals surface area contributed by atoms with Crippen molar-refractivity contribution in [2.75, 3.05) is 13.2 Å². The van der Waals surface area contributed by atoms with Gasteiger partial charge >= 0.3 is 0 Å². The van der Waals surface area contributed by atoms with Gasteiger partial charge in [0.1, 0.15) is 19.0 Å². The van der Waals surface area contributed by atoms with Crippen molar-refractivity contribution >= 4 is 33.4 Å². The van der Waals surface area contributed by atoms with Crippen molar-refractivity contribution in [3.05, 3.63) is 56.8 Å². The molecule has 0 aliphatic carbocycles. The van der Waals surface area contributed by atoms with Gasteiger partial charge in [0.15, 0.2) is 11.5 Å². The van der Waals surface area contributed by atoms with Crippen LogP contribution in [0.25, 0.3) is 0 Å². The molecule has 120 valence electrons. The van der Waals surface area contributed by atoms with Gasteiger partial charge < -0.3 is 14.8 Å². The van der Waals surface area contributed by atoms with Crippen LogP contribution in [-0.4, -0.2) is 19.1 Å². The van der Waals surface area contributed by atoms with Crippen LogP contribution in [0.4, 0.5) is 4.39 Å². The van der Waals surface area contributed by atoms with Gasteiger partial charge in [-0.2, -0.15) is 0 Å². The lowest BCUT2D eigenvalue weighted by Crippen LogP contribution is -2.24. The molecule has 0 spiro atoms. The minimum Gasteiger partial charge on any atom is -0.486 e. The predicted molar refractivity (Wildman–Crippen MR) is 87.7 cm³/mol. The summed E-state index contributed by atoms with van der Waals surface area (Å²) in [4.78, 5) is 12.1. The fourth-order valence-corrected chi connectivity index (χ4v) is 2.86. The molecular formula is C16H12BrClFNO3. The summed E-state index contributed by atoms with van der Waals surface area (Å²) in [5.41, 5.74) is 0.714. The maximum absolute atomic E-state index is 13.7. The standard InChI is InChI=1S/C16H12BrClFNO3/c17-10-1-2-13(19)11(7-10)16(21)20-8-9-5-12(18)15-14(6-9)22-3-4-23-15/h1-2,5-7H,3-4,8H2,(H,20,21). The molecule has 0 bridgehead atoms. The number of fused-ring (bicyclic) bond motifs is 1. The van der Waals surface area contributed by atoms with Gasteiger partial charge in [-0.15, -0.1) is 0 Å². The van der Waals surface area contributed by atoms with E-state index >= 15 is 0 Å². The maximum atomic E-state index is 13.7. The number of amides is 1. The summed E-state index contributed by atoms with van der Waals surface area (Å²) in [7, 11) is 0. The normalized spacial score (nSPS) is 12.8. The molecule has 0 saturated carbocycles. The molecule has 0 aromatic heterocycles. The Morgan fingerprint density at radius 3 is 2.87 bits per heavy atom. The number of nitrogens with one attached hydrogen (secondary N) is 1. The summed E-state index contributed by atoms with van der Waals surface area (Å²) in [5, 5.41) is 3.08. The van der Waals surface area contributed by atoms with Gasteiger partial charge in [-0.25, -0.2) is 4.39 Å². The van der Waals surface area contributed by atoms with E-state index in [-0.39, 0.29) is 12.1 Å². The molecule has 3 rings (SSSR count). The van der Waals surface area contributed by atoms with Crippen molar-refractivity contribution in [3.8, 4) is 11.5 Å². The molecular weight excluding hydrogens is 389 g/mol. The van der Waals surface area contributed by atoms with E-state index in [1.807, 2.05) is 0 Å². The summed E-state index contributed by atoms with van der Waals surface area (Å²) in [6, 6.07) is 7.64. The molecule has 1 aliphatic rings. The molecule has 1 heterocycles. The molecule has 2 aromatic carbocycles. The number of hydrogen-bond acceptors (Lipinski definition) is 3. The largest absolute Gasteiger partial charge is 0.486 e. The zero-order valence-electron chi connectivity index (χ0n) is 11.9. The molecule has 23 heavy (non-hydrogen) atoms. The number of halogens is 3. The highest BCUT2D eigenvalue weighted by molar-refractivity contribution is 9.10. The highest BCUT2D eigenvalue weighted by atomic mass is 79.9. The Morgan fingerprint density at radius 1 is 1.26 bits per heavy atom. The van der Waals surface area contributed by atoms with Crippen LogP contribution in [-0.2, 0) is 6.54 Å². The maximum Gasteiger partial charge on any atom is 0.254 e. The molecule has 1 amide bonds. The van der Waals surface area contributed by atoms with Crippen LogP contribution >= 0.6 is 27.5 Å². The third-order valence-corrected chi connectivity index (χ3v) is 4.06. The first kappa shape index (κ1) is 16.1. The number of rotatable bonds is 3. The van der Waals surface area contributed by atoms with E-state index in [1.165, 1.54) is 18.2 Å². The van der Waals surface area contributed by atoms with Crippen LogP contribution in [0, 0.1) is 5.82 Å². The van der Waals surface area contributed by atoms with Crippen molar-refractivity contribution in [3.63, 3.8) is 0 Å². The van der Waals surface area contributed by atoms with Crippen LogP contribution in [0.15, 0.2) is 34.8 Å². The SMILES string of the molecule is O=C(NCc1cc(Cl)c2c(c1)OCCO2)c1cc(Br)ccc1F. The summed E-state index contributed by atoms with van der Waals surface area (Å²) >= 11 is 9.36. The van der Waals surface area contributed by atoms with E-state index < -0.39 is 11.7 Å². The molecule has 1 aliphatic heterocycles. The fraction of sp³-hybridized carbons (Fsp3) is 0.188. The third kappa shape index (κ3) is 3.59. The van der Waals surface area contributed by atoms with E-state index in [0.29, 0.717) is 34.2 Å². The number of carbonyl (C=O) groups excluding carboxylic acids is 1. The van der Waals surface area contributed by atoms with Gasteiger partial charge in [-0.1, -0.05) is 27.5 Å². The molecule has 0 unspecified atom stereocenters. The lowest BCUT2D eigenvalue weighted by molar-refractivity contribution is 0.0946. The van der Waals surface area contributed by atoms with Gasteiger partial charge in [-0.05, 0) is 35.9 Å². The number of ether oxygens (including phenoxy) is 2. The average molecular weight is 401 g/mol. The zero-order valence-corrected chi connectivity index (χ0v) is 14.2. The van der Waals surface area contributed by atoms with E-state index in [1.54, 1.807) is 12.1 Å². The Kier molecular flexibility index (Phi) is 4.73. The Labute approximate surface area is 145 Å². The van der Waals surface area contributed by atoms with Crippen molar-refractivity contribution < 1.29 is 18.7 Å². The number of hydrogen-bond donors (Lipinski definition) is 1. The van der Waals surface area contributed by atoms with Gasteiger partial charge in [-0.3, -0.25) is 4.79 Å². The molecule has 0 fully saturated rings. The first-order chi connectivity index (χ1) is 11.0. The second-order valence-corrected chi connectivity index (χ2v) is 6.23. The van der Waals surface area contributed by atoms with Crippen LogP contribution in [0.3, 0.4) is 0 Å². The average Bonchev–Trinajstić information content (AvgIpc) is 2.55. The van der Waals surface area contributed by atoms with Crippen LogP contribution in [0.5, 0.6) is 11.5 Å². The minimum atomic E-state index is -0.578. The van der Waals surface area contributed by atoms with Gasteiger partial charge in [0, 0.05) is 11.0 Å². The van der Waals surface area contributed by atoms with E-state index in [2.05, 4.69) is 21.2 Å². The van der Waals surface area contributed by atoms with E-state index in [4.69, 9.17) is 21.1 Å². The lowest BCUT2D eigenvalue weighted by Gasteiger charge is -2.20. The number of carbonyl (C=O) groups is 1. The van der Waals surface area contributed by atoms with Crippen molar-refractivity contribution in [1.82, 2.24) is 5.32 Å². The highest BCUT2D eigenvalue weighted by Gasteiger charge is 2.17. The van der Waals surface area contributed by atoms with Crippen LogP contribution < -0.4 is 14.8 Å². The molecule has 2 aromatic rings. The smallest absolute Gasteiger partial charge is 0.254 e. The first-order valence-electron chi connectivity index (χ1n) is 6.86. The second kappa shape index (κ2) is 6.76. The molecule has 0 saturated heterocycles. The predicted octanol–water partition coefficient (Wildman–Crippen LogP) is 3.94. The van der Waals surface area contributed by atoms with Crippen molar-refractivity contribution in [2.45, 2.75) is 6.54 Å². The van der Waals surface area contributed by atoms with Crippen molar-refractivity contribution in [2.24, 2.45) is 0 Å². The highest BCUT2D eigenvalue weighted by Crippen LogP contribution is 2.38. The van der Waals surface area contributed by atoms with E-state index in [9.17, 15) is 9.18 Å². The second-order valence-electron chi connectivity index (χ2n) is 4.91. The Bertz CT molecular complexity index is 769. The monoisotopic (exact) mass is 399 g/mol.